The lowest BCUT2D eigenvalue weighted by Gasteiger charge is -2.47. The number of rotatable bonds is 14. The summed E-state index contributed by atoms with van der Waals surface area (Å²) in [5, 5.41) is 0. The minimum absolute atomic E-state index is 0.446. The molecule has 0 aromatic carbocycles. The first-order valence-corrected chi connectivity index (χ1v) is 15.3. The van der Waals surface area contributed by atoms with Crippen molar-refractivity contribution in [2.75, 3.05) is 0 Å². The van der Waals surface area contributed by atoms with E-state index < -0.39 is 16.6 Å². The summed E-state index contributed by atoms with van der Waals surface area (Å²) >= 11 is 0. The summed E-state index contributed by atoms with van der Waals surface area (Å²) in [5.74, 6) is 2.36. The van der Waals surface area contributed by atoms with Gasteiger partial charge in [0.05, 0.1) is 14.2 Å². The van der Waals surface area contributed by atoms with Crippen molar-refractivity contribution >= 4 is 22.6 Å². The van der Waals surface area contributed by atoms with Crippen LogP contribution in [0.5, 0.6) is 0 Å². The van der Waals surface area contributed by atoms with Crippen LogP contribution in [0.1, 0.15) is 111 Å². The first-order chi connectivity index (χ1) is 14.6. The third-order valence-electron chi connectivity index (χ3n) is 5.38. The summed E-state index contributed by atoms with van der Waals surface area (Å²) in [6, 6.07) is 3.66. The molecule has 32 heavy (non-hydrogen) atoms. The van der Waals surface area contributed by atoms with Gasteiger partial charge in [-0.25, -0.2) is 14.1 Å². The molecule has 0 heterocycles. The molecule has 5 nitrogen and oxygen atoms in total. The maximum Gasteiger partial charge on any atom is 0.170 e. The molecule has 0 aliphatic rings. The second kappa shape index (κ2) is 14.7. The van der Waals surface area contributed by atoms with Crippen molar-refractivity contribution in [1.29, 1.82) is 0 Å². The summed E-state index contributed by atoms with van der Waals surface area (Å²) in [4.78, 5) is 0. The largest absolute Gasteiger partial charge is 0.260 e. The highest BCUT2D eigenvalue weighted by atomic mass is 31.2. The maximum atomic E-state index is 5.52. The highest BCUT2D eigenvalue weighted by Crippen LogP contribution is 2.54. The number of hydrogen-bond acceptors (Lipinski definition) is 5. The van der Waals surface area contributed by atoms with Gasteiger partial charge in [0.25, 0.3) is 0 Å². The van der Waals surface area contributed by atoms with E-state index >= 15 is 0 Å². The van der Waals surface area contributed by atoms with Crippen LogP contribution in [-0.4, -0.2) is 73.0 Å². The fourth-order valence-electron chi connectivity index (χ4n) is 4.73. The third kappa shape index (κ3) is 9.20. The van der Waals surface area contributed by atoms with Gasteiger partial charge >= 0.3 is 0 Å². The minimum atomic E-state index is -0.805. The molecule has 0 spiro atoms. The predicted molar refractivity (Wildman–Crippen MR) is 151 cm³/mol. The Morgan fingerprint density at radius 2 is 0.625 bits per heavy atom. The van der Waals surface area contributed by atoms with E-state index in [2.05, 4.69) is 135 Å². The average molecular weight is 490 g/mol. The Kier molecular flexibility index (Phi) is 14.9. The number of nitrogens with zero attached hydrogens (tertiary/aromatic N) is 5. The van der Waals surface area contributed by atoms with Gasteiger partial charge in [0, 0.05) is 48.3 Å². The van der Waals surface area contributed by atoms with Crippen LogP contribution in [0.25, 0.3) is 0 Å². The van der Waals surface area contributed by atoms with E-state index in [-0.39, 0.29) is 0 Å². The van der Waals surface area contributed by atoms with Gasteiger partial charge in [0.15, 0.2) is 8.37 Å². The van der Waals surface area contributed by atoms with Crippen molar-refractivity contribution in [1.82, 2.24) is 18.7 Å². The van der Waals surface area contributed by atoms with Crippen molar-refractivity contribution in [3.8, 4) is 0 Å². The molecule has 0 aromatic heterocycles. The van der Waals surface area contributed by atoms with E-state index in [0.717, 1.165) is 0 Å². The van der Waals surface area contributed by atoms with Gasteiger partial charge in [0.1, 0.15) is 0 Å². The zero-order valence-corrected chi connectivity index (χ0v) is 26.1. The van der Waals surface area contributed by atoms with Gasteiger partial charge in [0.2, 0.25) is 0 Å². The third-order valence-corrected chi connectivity index (χ3v) is 11.7. The van der Waals surface area contributed by atoms with E-state index in [1.54, 1.807) is 0 Å². The second-order valence-corrected chi connectivity index (χ2v) is 14.6. The Bertz CT molecular complexity index is 414. The monoisotopic (exact) mass is 489 g/mol. The molecule has 0 aromatic rings. The van der Waals surface area contributed by atoms with Crippen LogP contribution in [0.15, 0.2) is 4.76 Å². The smallest absolute Gasteiger partial charge is 0.170 e. The van der Waals surface area contributed by atoms with Gasteiger partial charge in [-0.15, -0.1) is 0 Å². The van der Waals surface area contributed by atoms with Crippen molar-refractivity contribution < 1.29 is 0 Å². The molecule has 0 bridgehead atoms. The van der Waals surface area contributed by atoms with Crippen molar-refractivity contribution in [3.05, 3.63) is 0 Å². The molecular formula is C25H57N5P2. The normalized spacial score (nSPS) is 14.3. The molecule has 0 aliphatic heterocycles. The highest BCUT2D eigenvalue weighted by molar-refractivity contribution is 7.69. The lowest BCUT2D eigenvalue weighted by atomic mass is 10.3. The Labute approximate surface area is 205 Å². The van der Waals surface area contributed by atoms with Crippen molar-refractivity contribution in [3.63, 3.8) is 0 Å². The van der Waals surface area contributed by atoms with E-state index in [1.165, 1.54) is 0 Å². The zero-order chi connectivity index (χ0) is 25.5. The van der Waals surface area contributed by atoms with Crippen LogP contribution < -0.4 is 0 Å². The Morgan fingerprint density at radius 3 is 0.812 bits per heavy atom. The van der Waals surface area contributed by atoms with Crippen molar-refractivity contribution in [2.24, 2.45) is 4.76 Å². The lowest BCUT2D eigenvalue weighted by molar-refractivity contribution is 0.256. The SMILES string of the molecule is CC(C)N(C(C)C)P(/C=N/P(N(C(C)C)C(C)C)N(C(C)C)C(C)C)N(C(C)C)C(C)C. The van der Waals surface area contributed by atoms with E-state index in [9.17, 15) is 0 Å². The van der Waals surface area contributed by atoms with Crippen LogP contribution in [-0.2, 0) is 0 Å². The second-order valence-electron chi connectivity index (χ2n) is 11.1. The van der Waals surface area contributed by atoms with Gasteiger partial charge in [-0.3, -0.25) is 9.34 Å². The molecule has 0 fully saturated rings. The average Bonchev–Trinajstić information content (AvgIpc) is 2.56. The predicted octanol–water partition coefficient (Wildman–Crippen LogP) is 8.03. The molecule has 0 saturated heterocycles. The Hall–Kier alpha value is 0.370. The molecular weight excluding hydrogens is 432 g/mol. The van der Waals surface area contributed by atoms with Crippen LogP contribution in [0.3, 0.4) is 0 Å². The van der Waals surface area contributed by atoms with E-state index in [4.69, 9.17) is 4.76 Å². The summed E-state index contributed by atoms with van der Waals surface area (Å²) in [6.45, 7) is 37.1. The van der Waals surface area contributed by atoms with Crippen molar-refractivity contribution in [2.45, 2.75) is 159 Å². The lowest BCUT2D eigenvalue weighted by Crippen LogP contribution is -2.43. The number of hydrogen-bond donors (Lipinski definition) is 0. The van der Waals surface area contributed by atoms with Gasteiger partial charge in [-0.05, 0) is 111 Å². The molecule has 0 aliphatic carbocycles. The molecule has 0 radical (unpaired) electrons. The van der Waals surface area contributed by atoms with Gasteiger partial charge in [-0.1, -0.05) is 0 Å². The molecule has 192 valence electrons. The zero-order valence-electron chi connectivity index (χ0n) is 24.3. The topological polar surface area (TPSA) is 25.3 Å². The summed E-state index contributed by atoms with van der Waals surface area (Å²) in [6.07, 6.45) is 0. The molecule has 0 rings (SSSR count). The first kappa shape index (κ1) is 32.4. The minimum Gasteiger partial charge on any atom is -0.260 e. The molecule has 7 heteroatoms. The van der Waals surface area contributed by atoms with Crippen LogP contribution in [0, 0.1) is 0 Å². The summed E-state index contributed by atoms with van der Waals surface area (Å²) in [7, 11) is -1.47. The Morgan fingerprint density at radius 1 is 0.406 bits per heavy atom. The first-order valence-electron chi connectivity index (χ1n) is 12.8. The van der Waals surface area contributed by atoms with Crippen LogP contribution in [0.2, 0.25) is 0 Å². The maximum absolute atomic E-state index is 5.52. The van der Waals surface area contributed by atoms with Crippen LogP contribution in [0.4, 0.5) is 0 Å². The van der Waals surface area contributed by atoms with E-state index in [1.807, 2.05) is 0 Å². The summed E-state index contributed by atoms with van der Waals surface area (Å²) in [5.41, 5.74) is 0. The molecule has 0 saturated carbocycles. The van der Waals surface area contributed by atoms with Gasteiger partial charge in [-0.2, -0.15) is 0 Å². The molecule has 0 amide bonds. The fourth-order valence-corrected chi connectivity index (χ4v) is 9.97. The molecule has 0 atom stereocenters. The van der Waals surface area contributed by atoms with Crippen LogP contribution >= 0.6 is 16.6 Å². The standard InChI is InChI=1S/C25H57N5P2/c1-18(2)27(19(3)4)31(28(20(5)6)21(7)8)17-26-32(29(22(9)10)23(11)12)30(24(13)14)25(15)16/h17-25H,1-16H3/b26-17+. The quantitative estimate of drug-likeness (QED) is 0.182. The highest BCUT2D eigenvalue weighted by Gasteiger charge is 2.35. The molecule has 0 N–H and O–H groups in total. The molecule has 0 unspecified atom stereocenters. The van der Waals surface area contributed by atoms with E-state index in [0.29, 0.717) is 48.3 Å². The van der Waals surface area contributed by atoms with Gasteiger partial charge < -0.3 is 0 Å². The fraction of sp³-hybridized carbons (Fsp3) is 0.960. The summed E-state index contributed by atoms with van der Waals surface area (Å²) < 4.78 is 16.1. The Balaban J connectivity index is 6.71.